The van der Waals surface area contributed by atoms with Gasteiger partial charge in [-0.05, 0) is 48.6 Å². The molecule has 176 valence electrons. The lowest BCUT2D eigenvalue weighted by molar-refractivity contribution is -0.146. The Kier molecular flexibility index (Phi) is 8.80. The first-order chi connectivity index (χ1) is 16.0. The Balaban J connectivity index is 1.62. The van der Waals surface area contributed by atoms with Crippen LogP contribution < -0.4 is 4.74 Å². The van der Waals surface area contributed by atoms with Gasteiger partial charge >= 0.3 is 18.0 Å². The molecule has 33 heavy (non-hydrogen) atoms. The maximum absolute atomic E-state index is 13.4. The zero-order valence-corrected chi connectivity index (χ0v) is 18.6. The van der Waals surface area contributed by atoms with Crippen molar-refractivity contribution < 1.29 is 33.0 Å². The summed E-state index contributed by atoms with van der Waals surface area (Å²) in [5.74, 6) is -0.848. The second-order valence-corrected chi connectivity index (χ2v) is 7.95. The highest BCUT2D eigenvalue weighted by atomic mass is 19.1. The summed E-state index contributed by atoms with van der Waals surface area (Å²) in [5, 5.41) is 0. The molecule has 0 aliphatic carbocycles. The molecule has 0 N–H and O–H groups in total. The molecule has 1 saturated heterocycles. The maximum atomic E-state index is 13.4. The third-order valence-corrected chi connectivity index (χ3v) is 5.69. The third kappa shape index (κ3) is 7.30. The van der Waals surface area contributed by atoms with E-state index in [1.807, 2.05) is 6.07 Å². The van der Waals surface area contributed by atoms with Gasteiger partial charge in [0.25, 0.3) is 0 Å². The van der Waals surface area contributed by atoms with E-state index < -0.39 is 12.1 Å². The molecule has 1 fully saturated rings. The molecule has 7 nitrogen and oxygen atoms in total. The van der Waals surface area contributed by atoms with Crippen LogP contribution in [0.15, 0.2) is 54.6 Å². The highest BCUT2D eigenvalue weighted by Crippen LogP contribution is 2.34. The van der Waals surface area contributed by atoms with Crippen molar-refractivity contribution in [3.63, 3.8) is 0 Å². The van der Waals surface area contributed by atoms with Gasteiger partial charge in [0.15, 0.2) is 0 Å². The van der Waals surface area contributed by atoms with Crippen molar-refractivity contribution in [1.82, 2.24) is 4.90 Å². The van der Waals surface area contributed by atoms with Gasteiger partial charge in [-0.1, -0.05) is 30.3 Å². The number of halogens is 1. The third-order valence-electron chi connectivity index (χ3n) is 5.69. The Morgan fingerprint density at radius 1 is 1.00 bits per heavy atom. The SMILES string of the molecule is COC(=O)CCCC(=O)OC[C@@H]1CN(C(=O)Oc2ccccc2)CC[C@H]1c1ccc(F)cc1. The van der Waals surface area contributed by atoms with Crippen LogP contribution in [-0.2, 0) is 19.1 Å². The molecular weight excluding hydrogens is 429 g/mol. The molecule has 0 aromatic heterocycles. The van der Waals surface area contributed by atoms with Crippen LogP contribution in [0.1, 0.15) is 37.2 Å². The number of ether oxygens (including phenoxy) is 3. The smallest absolute Gasteiger partial charge is 0.415 e. The Bertz CT molecular complexity index is 934. The van der Waals surface area contributed by atoms with Gasteiger partial charge in [0.2, 0.25) is 0 Å². The van der Waals surface area contributed by atoms with E-state index >= 15 is 0 Å². The summed E-state index contributed by atoms with van der Waals surface area (Å²) in [5.41, 5.74) is 0.930. The van der Waals surface area contributed by atoms with Crippen molar-refractivity contribution in [2.75, 3.05) is 26.8 Å². The van der Waals surface area contributed by atoms with Crippen LogP contribution in [0.4, 0.5) is 9.18 Å². The molecule has 8 heteroatoms. The van der Waals surface area contributed by atoms with Crippen molar-refractivity contribution in [1.29, 1.82) is 0 Å². The van der Waals surface area contributed by atoms with Crippen LogP contribution in [0.3, 0.4) is 0 Å². The monoisotopic (exact) mass is 457 g/mol. The van der Waals surface area contributed by atoms with Gasteiger partial charge in [-0.3, -0.25) is 9.59 Å². The summed E-state index contributed by atoms with van der Waals surface area (Å²) < 4.78 is 28.9. The number of methoxy groups -OCH3 is 1. The number of esters is 2. The fourth-order valence-corrected chi connectivity index (χ4v) is 3.92. The lowest BCUT2D eigenvalue weighted by Crippen LogP contribution is -2.45. The van der Waals surface area contributed by atoms with Gasteiger partial charge in [-0.2, -0.15) is 0 Å². The number of hydrogen-bond acceptors (Lipinski definition) is 6. The van der Waals surface area contributed by atoms with Gasteiger partial charge in [-0.25, -0.2) is 9.18 Å². The zero-order chi connectivity index (χ0) is 23.6. The van der Waals surface area contributed by atoms with E-state index in [1.165, 1.54) is 19.2 Å². The van der Waals surface area contributed by atoms with Crippen molar-refractivity contribution in [2.24, 2.45) is 5.92 Å². The summed E-state index contributed by atoms with van der Waals surface area (Å²) in [6.07, 6.45) is 0.746. The number of benzene rings is 2. The highest BCUT2D eigenvalue weighted by molar-refractivity contribution is 5.72. The zero-order valence-electron chi connectivity index (χ0n) is 18.6. The van der Waals surface area contributed by atoms with E-state index in [0.717, 1.165) is 5.56 Å². The van der Waals surface area contributed by atoms with E-state index in [2.05, 4.69) is 4.74 Å². The standard InChI is InChI=1S/C25H28FNO6/c1-31-23(28)8-5-9-24(29)32-17-19-16-27(25(30)33-21-6-3-2-4-7-21)15-14-22(19)18-10-12-20(26)13-11-18/h2-4,6-7,10-13,19,22H,5,8-9,14-17H2,1H3/t19-,22-/m0/s1. The van der Waals surface area contributed by atoms with E-state index in [-0.39, 0.29) is 43.1 Å². The lowest BCUT2D eigenvalue weighted by atomic mass is 9.81. The number of carbonyl (C=O) groups is 3. The van der Waals surface area contributed by atoms with Crippen LogP contribution in [0.5, 0.6) is 5.75 Å². The summed E-state index contributed by atoms with van der Waals surface area (Å²) in [6, 6.07) is 15.1. The summed E-state index contributed by atoms with van der Waals surface area (Å²) in [6.45, 7) is 0.911. The molecule has 0 spiro atoms. The minimum absolute atomic E-state index is 0.00533. The Labute approximate surface area is 192 Å². The predicted molar refractivity (Wildman–Crippen MR) is 118 cm³/mol. The minimum atomic E-state index is -0.465. The molecule has 2 aromatic carbocycles. The largest absolute Gasteiger partial charge is 0.469 e. The number of amides is 1. The molecule has 0 saturated carbocycles. The van der Waals surface area contributed by atoms with Gasteiger partial charge in [0.05, 0.1) is 13.7 Å². The van der Waals surface area contributed by atoms with E-state index in [9.17, 15) is 18.8 Å². The van der Waals surface area contributed by atoms with Crippen LogP contribution >= 0.6 is 0 Å². The molecule has 2 aromatic rings. The molecule has 1 aliphatic heterocycles. The lowest BCUT2D eigenvalue weighted by Gasteiger charge is -2.38. The molecule has 0 unspecified atom stereocenters. The summed E-state index contributed by atoms with van der Waals surface area (Å²) in [7, 11) is 1.30. The normalized spacial score (nSPS) is 17.8. The van der Waals surface area contributed by atoms with E-state index in [0.29, 0.717) is 31.7 Å². The molecular formula is C25H28FNO6. The number of rotatable bonds is 8. The van der Waals surface area contributed by atoms with Crippen molar-refractivity contribution >= 4 is 18.0 Å². The Morgan fingerprint density at radius 2 is 1.70 bits per heavy atom. The molecule has 2 atom stereocenters. The van der Waals surface area contributed by atoms with E-state index in [1.54, 1.807) is 41.3 Å². The Morgan fingerprint density at radius 3 is 2.39 bits per heavy atom. The molecule has 0 radical (unpaired) electrons. The average molecular weight is 457 g/mol. The number of piperidine rings is 1. The van der Waals surface area contributed by atoms with Gasteiger partial charge in [-0.15, -0.1) is 0 Å². The van der Waals surface area contributed by atoms with Gasteiger partial charge < -0.3 is 19.1 Å². The van der Waals surface area contributed by atoms with Crippen LogP contribution in [0.25, 0.3) is 0 Å². The molecule has 0 bridgehead atoms. The average Bonchev–Trinajstić information content (AvgIpc) is 2.83. The quantitative estimate of drug-likeness (QED) is 0.549. The summed E-state index contributed by atoms with van der Waals surface area (Å²) in [4.78, 5) is 37.6. The van der Waals surface area contributed by atoms with Gasteiger partial charge in [0.1, 0.15) is 11.6 Å². The number of likely N-dealkylation sites (tertiary alicyclic amines) is 1. The van der Waals surface area contributed by atoms with Crippen molar-refractivity contribution in [3.05, 3.63) is 66.0 Å². The first-order valence-electron chi connectivity index (χ1n) is 11.0. The van der Waals surface area contributed by atoms with Crippen LogP contribution in [-0.4, -0.2) is 49.7 Å². The molecule has 1 aliphatic rings. The second-order valence-electron chi connectivity index (χ2n) is 7.95. The van der Waals surface area contributed by atoms with Crippen LogP contribution in [0, 0.1) is 11.7 Å². The van der Waals surface area contributed by atoms with Crippen molar-refractivity contribution in [2.45, 2.75) is 31.6 Å². The summed E-state index contributed by atoms with van der Waals surface area (Å²) >= 11 is 0. The number of nitrogens with zero attached hydrogens (tertiary/aromatic N) is 1. The number of carbonyl (C=O) groups excluding carboxylic acids is 3. The number of para-hydroxylation sites is 1. The van der Waals surface area contributed by atoms with Crippen LogP contribution in [0.2, 0.25) is 0 Å². The first kappa shape index (κ1) is 24.2. The molecule has 1 amide bonds. The topological polar surface area (TPSA) is 82.1 Å². The predicted octanol–water partition coefficient (Wildman–Crippen LogP) is 4.32. The Hall–Kier alpha value is -3.42. The minimum Gasteiger partial charge on any atom is -0.469 e. The molecule has 3 rings (SSSR count). The first-order valence-corrected chi connectivity index (χ1v) is 11.0. The number of hydrogen-bond donors (Lipinski definition) is 0. The van der Waals surface area contributed by atoms with E-state index in [4.69, 9.17) is 9.47 Å². The second kappa shape index (κ2) is 12.0. The maximum Gasteiger partial charge on any atom is 0.415 e. The fourth-order valence-electron chi connectivity index (χ4n) is 3.92. The molecule has 1 heterocycles. The highest BCUT2D eigenvalue weighted by Gasteiger charge is 2.34. The fraction of sp³-hybridized carbons (Fsp3) is 0.400. The van der Waals surface area contributed by atoms with Gasteiger partial charge in [0, 0.05) is 31.8 Å². The van der Waals surface area contributed by atoms with Crippen molar-refractivity contribution in [3.8, 4) is 5.75 Å².